The maximum Gasteiger partial charge on any atom is 0.109 e. The molecule has 0 bridgehead atoms. The molecule has 0 aliphatic heterocycles. The molecule has 3 N–H and O–H groups in total. The van der Waals surface area contributed by atoms with Crippen molar-refractivity contribution in [3.8, 4) is 11.3 Å². The first-order valence-electron chi connectivity index (χ1n) is 6.46. The average molecular weight is 243 g/mol. The Labute approximate surface area is 108 Å². The van der Waals surface area contributed by atoms with Crippen molar-refractivity contribution in [1.29, 1.82) is 0 Å². The van der Waals surface area contributed by atoms with Crippen LogP contribution in [0.1, 0.15) is 36.3 Å². The Morgan fingerprint density at radius 2 is 2.00 bits per heavy atom. The summed E-state index contributed by atoms with van der Waals surface area (Å²) >= 11 is 0. The number of aryl methyl sites for hydroxylation is 2. The smallest absolute Gasteiger partial charge is 0.109 e. The fraction of sp³-hybridized carbons (Fsp3) is 0.400. The Balaban J connectivity index is 2.38. The van der Waals surface area contributed by atoms with Crippen LogP contribution in [0.4, 0.5) is 0 Å². The number of imidazole rings is 1. The van der Waals surface area contributed by atoms with E-state index in [1.54, 1.807) is 0 Å². The molecule has 0 fully saturated rings. The Hall–Kier alpha value is -1.61. The molecule has 3 heteroatoms. The lowest BCUT2D eigenvalue weighted by Crippen LogP contribution is -2.05. The zero-order valence-electron chi connectivity index (χ0n) is 11.3. The predicted molar refractivity (Wildman–Crippen MR) is 75.6 cm³/mol. The summed E-state index contributed by atoms with van der Waals surface area (Å²) in [6.45, 7) is 7.05. The lowest BCUT2D eigenvalue weighted by molar-refractivity contribution is 0.654. The Morgan fingerprint density at radius 3 is 2.67 bits per heavy atom. The van der Waals surface area contributed by atoms with Gasteiger partial charge in [0.15, 0.2) is 0 Å². The van der Waals surface area contributed by atoms with Gasteiger partial charge in [-0.2, -0.15) is 0 Å². The molecule has 1 aromatic heterocycles. The van der Waals surface area contributed by atoms with Gasteiger partial charge in [0.05, 0.1) is 5.69 Å². The second-order valence-corrected chi connectivity index (χ2v) is 4.89. The van der Waals surface area contributed by atoms with E-state index in [-0.39, 0.29) is 0 Å². The van der Waals surface area contributed by atoms with Crippen LogP contribution in [-0.4, -0.2) is 16.5 Å². The van der Waals surface area contributed by atoms with Crippen molar-refractivity contribution in [2.24, 2.45) is 5.73 Å². The summed E-state index contributed by atoms with van der Waals surface area (Å²) < 4.78 is 0. The zero-order valence-corrected chi connectivity index (χ0v) is 11.3. The van der Waals surface area contributed by atoms with E-state index >= 15 is 0 Å². The van der Waals surface area contributed by atoms with Crippen molar-refractivity contribution in [2.45, 2.75) is 33.1 Å². The largest absolute Gasteiger partial charge is 0.345 e. The molecule has 0 aliphatic carbocycles. The van der Waals surface area contributed by atoms with Gasteiger partial charge in [-0.25, -0.2) is 4.98 Å². The van der Waals surface area contributed by atoms with Gasteiger partial charge in [-0.15, -0.1) is 0 Å². The van der Waals surface area contributed by atoms with Crippen LogP contribution in [0.15, 0.2) is 24.3 Å². The number of aromatic amines is 1. The van der Waals surface area contributed by atoms with E-state index in [1.165, 1.54) is 11.1 Å². The molecule has 1 unspecified atom stereocenters. The van der Waals surface area contributed by atoms with E-state index in [0.717, 1.165) is 23.6 Å². The lowest BCUT2D eigenvalue weighted by Gasteiger charge is -2.05. The van der Waals surface area contributed by atoms with Crippen LogP contribution < -0.4 is 5.73 Å². The molecule has 1 atom stereocenters. The van der Waals surface area contributed by atoms with Gasteiger partial charge in [0.1, 0.15) is 5.82 Å². The fourth-order valence-corrected chi connectivity index (χ4v) is 2.20. The number of H-pyrrole nitrogens is 1. The maximum absolute atomic E-state index is 5.61. The van der Waals surface area contributed by atoms with Gasteiger partial charge in [-0.05, 0) is 32.4 Å². The molecule has 1 heterocycles. The average Bonchev–Trinajstić information content (AvgIpc) is 2.72. The molecular weight excluding hydrogens is 222 g/mol. The summed E-state index contributed by atoms with van der Waals surface area (Å²) in [5.41, 5.74) is 10.3. The predicted octanol–water partition coefficient (Wildman–Crippen LogP) is 3.15. The first-order chi connectivity index (χ1) is 8.63. The Morgan fingerprint density at radius 1 is 1.28 bits per heavy atom. The molecule has 18 heavy (non-hydrogen) atoms. The van der Waals surface area contributed by atoms with Gasteiger partial charge in [0.2, 0.25) is 0 Å². The molecule has 2 rings (SSSR count). The molecule has 2 aromatic rings. The summed E-state index contributed by atoms with van der Waals surface area (Å²) in [7, 11) is 0. The van der Waals surface area contributed by atoms with Crippen LogP contribution in [0.5, 0.6) is 0 Å². The SMILES string of the molecule is Cc1ccccc1-c1nc(C(C)CCN)[nH]c1C. The monoisotopic (exact) mass is 243 g/mol. The minimum atomic E-state index is 0.381. The number of nitrogens with two attached hydrogens (primary N) is 1. The first-order valence-corrected chi connectivity index (χ1v) is 6.46. The number of aromatic nitrogens is 2. The fourth-order valence-electron chi connectivity index (χ4n) is 2.20. The van der Waals surface area contributed by atoms with Gasteiger partial charge in [-0.1, -0.05) is 31.2 Å². The molecular formula is C15H21N3. The number of nitrogens with one attached hydrogen (secondary N) is 1. The molecule has 96 valence electrons. The van der Waals surface area contributed by atoms with E-state index in [1.807, 2.05) is 0 Å². The van der Waals surface area contributed by atoms with Crippen LogP contribution in [0.3, 0.4) is 0 Å². The summed E-state index contributed by atoms with van der Waals surface area (Å²) in [6, 6.07) is 8.35. The van der Waals surface area contributed by atoms with Gasteiger partial charge in [0, 0.05) is 17.2 Å². The Bertz CT molecular complexity index is 528. The molecule has 0 aliphatic rings. The highest BCUT2D eigenvalue weighted by Gasteiger charge is 2.14. The Kier molecular flexibility index (Phi) is 3.82. The van der Waals surface area contributed by atoms with Crippen molar-refractivity contribution in [2.75, 3.05) is 6.54 Å². The number of benzene rings is 1. The molecule has 0 saturated carbocycles. The highest BCUT2D eigenvalue weighted by Crippen LogP contribution is 2.27. The maximum atomic E-state index is 5.61. The number of hydrogen-bond acceptors (Lipinski definition) is 2. The van der Waals surface area contributed by atoms with Gasteiger partial charge in [0.25, 0.3) is 0 Å². The van der Waals surface area contributed by atoms with Gasteiger partial charge >= 0.3 is 0 Å². The van der Waals surface area contributed by atoms with E-state index in [9.17, 15) is 0 Å². The first kappa shape index (κ1) is 12.8. The van der Waals surface area contributed by atoms with E-state index in [2.05, 4.69) is 50.0 Å². The normalized spacial score (nSPS) is 12.7. The van der Waals surface area contributed by atoms with E-state index in [4.69, 9.17) is 10.7 Å². The van der Waals surface area contributed by atoms with E-state index < -0.39 is 0 Å². The molecule has 0 amide bonds. The van der Waals surface area contributed by atoms with Crippen molar-refractivity contribution in [3.05, 3.63) is 41.3 Å². The highest BCUT2D eigenvalue weighted by atomic mass is 14.9. The molecule has 0 spiro atoms. The molecule has 0 radical (unpaired) electrons. The standard InChI is InChI=1S/C15H21N3/c1-10-6-4-5-7-13(10)14-12(3)17-15(18-14)11(2)8-9-16/h4-7,11H,8-9,16H2,1-3H3,(H,17,18). The summed E-state index contributed by atoms with van der Waals surface area (Å²) in [6.07, 6.45) is 0.958. The van der Waals surface area contributed by atoms with Gasteiger partial charge < -0.3 is 10.7 Å². The summed E-state index contributed by atoms with van der Waals surface area (Å²) in [4.78, 5) is 8.14. The van der Waals surface area contributed by atoms with Crippen molar-refractivity contribution in [3.63, 3.8) is 0 Å². The number of nitrogens with zero attached hydrogens (tertiary/aromatic N) is 1. The van der Waals surface area contributed by atoms with Crippen LogP contribution in [0.25, 0.3) is 11.3 Å². The minimum Gasteiger partial charge on any atom is -0.345 e. The second-order valence-electron chi connectivity index (χ2n) is 4.89. The van der Waals surface area contributed by atoms with Crippen LogP contribution in [0, 0.1) is 13.8 Å². The van der Waals surface area contributed by atoms with E-state index in [0.29, 0.717) is 12.5 Å². The second kappa shape index (κ2) is 5.36. The van der Waals surface area contributed by atoms with Gasteiger partial charge in [-0.3, -0.25) is 0 Å². The third-order valence-corrected chi connectivity index (χ3v) is 3.37. The lowest BCUT2D eigenvalue weighted by atomic mass is 10.0. The topological polar surface area (TPSA) is 54.7 Å². The van der Waals surface area contributed by atoms with Crippen LogP contribution in [0.2, 0.25) is 0 Å². The number of hydrogen-bond donors (Lipinski definition) is 2. The molecule has 1 aromatic carbocycles. The van der Waals surface area contributed by atoms with Crippen molar-refractivity contribution < 1.29 is 0 Å². The third kappa shape index (κ3) is 2.46. The van der Waals surface area contributed by atoms with Crippen molar-refractivity contribution >= 4 is 0 Å². The summed E-state index contributed by atoms with van der Waals surface area (Å²) in [5.74, 6) is 1.42. The quantitative estimate of drug-likeness (QED) is 0.866. The molecule has 3 nitrogen and oxygen atoms in total. The third-order valence-electron chi connectivity index (χ3n) is 3.37. The molecule has 0 saturated heterocycles. The summed E-state index contributed by atoms with van der Waals surface area (Å²) in [5, 5.41) is 0. The van der Waals surface area contributed by atoms with Crippen LogP contribution >= 0.6 is 0 Å². The highest BCUT2D eigenvalue weighted by molar-refractivity contribution is 5.65. The van der Waals surface area contributed by atoms with Crippen LogP contribution in [-0.2, 0) is 0 Å². The number of rotatable bonds is 4. The van der Waals surface area contributed by atoms with Crippen molar-refractivity contribution in [1.82, 2.24) is 9.97 Å². The zero-order chi connectivity index (χ0) is 13.1. The minimum absolute atomic E-state index is 0.381.